The SMILES string of the molecule is CN1C(=O)C=C[C@]2(C)C3CC[C@@]4(C)C(CC[C@@H]4CC(=O)NCc4ccc(C(F)(F)F)nc4)C3CCC12. The van der Waals surface area contributed by atoms with Crippen LogP contribution in [0, 0.1) is 34.5 Å². The number of halogens is 3. The van der Waals surface area contributed by atoms with Gasteiger partial charge in [-0.3, -0.25) is 14.6 Å². The molecule has 3 fully saturated rings. The Kier molecular flexibility index (Phi) is 6.23. The van der Waals surface area contributed by atoms with E-state index < -0.39 is 11.9 Å². The summed E-state index contributed by atoms with van der Waals surface area (Å²) >= 11 is 0. The monoisotopic (exact) mass is 503 g/mol. The Bertz CT molecular complexity index is 1060. The highest BCUT2D eigenvalue weighted by Gasteiger charge is 2.60. The first-order chi connectivity index (χ1) is 16.9. The summed E-state index contributed by atoms with van der Waals surface area (Å²) in [4.78, 5) is 30.5. The number of nitrogens with zero attached hydrogens (tertiary/aromatic N) is 2. The van der Waals surface area contributed by atoms with E-state index in [0.29, 0.717) is 35.7 Å². The highest BCUT2D eigenvalue weighted by atomic mass is 19.4. The van der Waals surface area contributed by atoms with Crippen LogP contribution in [-0.4, -0.2) is 34.8 Å². The molecule has 0 radical (unpaired) electrons. The third-order valence-corrected chi connectivity index (χ3v) is 10.4. The molecule has 0 bridgehead atoms. The third kappa shape index (κ3) is 4.14. The van der Waals surface area contributed by atoms with Crippen molar-refractivity contribution in [1.29, 1.82) is 0 Å². The van der Waals surface area contributed by atoms with Gasteiger partial charge in [-0.05, 0) is 85.3 Å². The summed E-state index contributed by atoms with van der Waals surface area (Å²) in [5.74, 6) is 2.13. The van der Waals surface area contributed by atoms with Gasteiger partial charge in [-0.2, -0.15) is 13.2 Å². The summed E-state index contributed by atoms with van der Waals surface area (Å²) < 4.78 is 38.2. The Labute approximate surface area is 210 Å². The maximum Gasteiger partial charge on any atom is 0.433 e. The summed E-state index contributed by atoms with van der Waals surface area (Å²) in [6.07, 6.45) is 7.67. The smallest absolute Gasteiger partial charge is 0.352 e. The van der Waals surface area contributed by atoms with Gasteiger partial charge in [0.25, 0.3) is 0 Å². The van der Waals surface area contributed by atoms with Crippen LogP contribution in [0.15, 0.2) is 30.5 Å². The fourth-order valence-electron chi connectivity index (χ4n) is 8.38. The number of likely N-dealkylation sites (N-methyl/N-ethyl adjacent to an activating group) is 1. The first-order valence-corrected chi connectivity index (χ1v) is 13.2. The Hall–Kier alpha value is -2.38. The summed E-state index contributed by atoms with van der Waals surface area (Å²) in [6.45, 7) is 4.89. The molecule has 5 rings (SSSR count). The van der Waals surface area contributed by atoms with Gasteiger partial charge in [0.1, 0.15) is 5.69 Å². The van der Waals surface area contributed by atoms with Crippen LogP contribution in [0.25, 0.3) is 0 Å². The zero-order valence-electron chi connectivity index (χ0n) is 21.3. The van der Waals surface area contributed by atoms with E-state index in [1.54, 1.807) is 6.08 Å². The van der Waals surface area contributed by atoms with E-state index in [9.17, 15) is 22.8 Å². The predicted molar refractivity (Wildman–Crippen MR) is 129 cm³/mol. The van der Waals surface area contributed by atoms with Gasteiger partial charge in [-0.15, -0.1) is 0 Å². The van der Waals surface area contributed by atoms with Crippen LogP contribution < -0.4 is 5.32 Å². The molecule has 3 aliphatic carbocycles. The summed E-state index contributed by atoms with van der Waals surface area (Å²) in [7, 11) is 1.94. The van der Waals surface area contributed by atoms with E-state index in [1.165, 1.54) is 12.3 Å². The number of nitrogens with one attached hydrogen (secondary N) is 1. The van der Waals surface area contributed by atoms with Crippen LogP contribution in [0.2, 0.25) is 0 Å². The molecule has 0 saturated heterocycles. The first kappa shape index (κ1) is 25.3. The molecule has 2 amide bonds. The lowest BCUT2D eigenvalue weighted by atomic mass is 9.47. The summed E-state index contributed by atoms with van der Waals surface area (Å²) in [6, 6.07) is 2.59. The standard InChI is InChI=1S/C28H36F3N3O2/c1-26-12-10-21-19(6-9-23-27(21,2)13-11-25(36)34(23)3)20(26)7-5-18(26)14-24(35)33-16-17-4-8-22(32-15-17)28(29,30)31/h4,8,11,13,15,18-21,23H,5-7,9-10,12,14,16H2,1-3H3,(H,33,35)/t18-,19?,20?,21?,23?,26-,27-/m1/s1. The Morgan fingerprint density at radius 2 is 1.92 bits per heavy atom. The van der Waals surface area contributed by atoms with Crippen LogP contribution in [0.1, 0.15) is 70.1 Å². The zero-order valence-corrected chi connectivity index (χ0v) is 21.3. The van der Waals surface area contributed by atoms with Gasteiger partial charge in [0.05, 0.1) is 0 Å². The molecule has 4 unspecified atom stereocenters. The van der Waals surface area contributed by atoms with Crippen molar-refractivity contribution < 1.29 is 22.8 Å². The lowest BCUT2D eigenvalue weighted by Crippen LogP contribution is -2.59. The van der Waals surface area contributed by atoms with Crippen LogP contribution >= 0.6 is 0 Å². The van der Waals surface area contributed by atoms with Gasteiger partial charge >= 0.3 is 6.18 Å². The van der Waals surface area contributed by atoms with Crippen LogP contribution in [0.5, 0.6) is 0 Å². The molecule has 0 spiro atoms. The van der Waals surface area contributed by atoms with Crippen molar-refractivity contribution in [2.45, 2.75) is 77.6 Å². The van der Waals surface area contributed by atoms with Crippen molar-refractivity contribution in [2.75, 3.05) is 7.05 Å². The van der Waals surface area contributed by atoms with Crippen molar-refractivity contribution in [2.24, 2.45) is 34.5 Å². The second kappa shape index (κ2) is 8.88. The van der Waals surface area contributed by atoms with Gasteiger partial charge < -0.3 is 10.2 Å². The molecule has 36 heavy (non-hydrogen) atoms. The number of hydrogen-bond donors (Lipinski definition) is 1. The molecule has 3 saturated carbocycles. The van der Waals surface area contributed by atoms with Gasteiger partial charge in [-0.1, -0.05) is 26.0 Å². The van der Waals surface area contributed by atoms with Crippen LogP contribution in [-0.2, 0) is 22.3 Å². The van der Waals surface area contributed by atoms with E-state index >= 15 is 0 Å². The highest BCUT2D eigenvalue weighted by Crippen LogP contribution is 2.65. The molecular weight excluding hydrogens is 467 g/mol. The van der Waals surface area contributed by atoms with Gasteiger partial charge in [0, 0.05) is 37.7 Å². The van der Waals surface area contributed by atoms with Crippen molar-refractivity contribution in [1.82, 2.24) is 15.2 Å². The lowest BCUT2D eigenvalue weighted by Gasteiger charge is -2.60. The highest BCUT2D eigenvalue weighted by molar-refractivity contribution is 5.89. The Morgan fingerprint density at radius 3 is 2.61 bits per heavy atom. The number of carbonyl (C=O) groups is 2. The Morgan fingerprint density at radius 1 is 1.14 bits per heavy atom. The number of carbonyl (C=O) groups excluding carboxylic acids is 2. The van der Waals surface area contributed by atoms with E-state index in [0.717, 1.165) is 44.6 Å². The maximum atomic E-state index is 12.8. The summed E-state index contributed by atoms with van der Waals surface area (Å²) in [5.41, 5.74) is -0.236. The molecule has 5 nitrogen and oxygen atoms in total. The van der Waals surface area contributed by atoms with Crippen LogP contribution in [0.4, 0.5) is 13.2 Å². The molecule has 1 aliphatic heterocycles. The van der Waals surface area contributed by atoms with E-state index in [2.05, 4.69) is 30.2 Å². The number of aromatic nitrogens is 1. The molecule has 7 atom stereocenters. The zero-order chi connectivity index (χ0) is 25.9. The largest absolute Gasteiger partial charge is 0.433 e. The first-order valence-electron chi connectivity index (χ1n) is 13.2. The second-order valence-electron chi connectivity index (χ2n) is 12.0. The minimum Gasteiger partial charge on any atom is -0.352 e. The number of amides is 2. The van der Waals surface area contributed by atoms with Gasteiger partial charge in [0.15, 0.2) is 0 Å². The number of hydrogen-bond acceptors (Lipinski definition) is 3. The third-order valence-electron chi connectivity index (χ3n) is 10.4. The van der Waals surface area contributed by atoms with Crippen molar-refractivity contribution in [3.8, 4) is 0 Å². The van der Waals surface area contributed by atoms with Crippen molar-refractivity contribution >= 4 is 11.8 Å². The van der Waals surface area contributed by atoms with Gasteiger partial charge in [0.2, 0.25) is 11.8 Å². The molecule has 1 N–H and O–H groups in total. The van der Waals surface area contributed by atoms with E-state index in [1.807, 2.05) is 11.9 Å². The molecular formula is C28H36F3N3O2. The quantitative estimate of drug-likeness (QED) is 0.602. The number of pyridine rings is 1. The van der Waals surface area contributed by atoms with E-state index in [4.69, 9.17) is 0 Å². The van der Waals surface area contributed by atoms with E-state index in [-0.39, 0.29) is 35.2 Å². The fourth-order valence-corrected chi connectivity index (χ4v) is 8.38. The number of rotatable bonds is 4. The van der Waals surface area contributed by atoms with Crippen molar-refractivity contribution in [3.05, 3.63) is 41.7 Å². The Balaban J connectivity index is 1.22. The number of alkyl halides is 3. The fraction of sp³-hybridized carbons (Fsp3) is 0.679. The average Bonchev–Trinajstić information content (AvgIpc) is 3.16. The molecule has 8 heteroatoms. The summed E-state index contributed by atoms with van der Waals surface area (Å²) in [5, 5.41) is 2.90. The molecule has 1 aromatic rings. The normalized spacial score (nSPS) is 37.8. The molecule has 1 aromatic heterocycles. The minimum absolute atomic E-state index is 0.0120. The van der Waals surface area contributed by atoms with Crippen LogP contribution in [0.3, 0.4) is 0 Å². The second-order valence-corrected chi connectivity index (χ2v) is 12.0. The lowest BCUT2D eigenvalue weighted by molar-refractivity contribution is -0.141. The molecule has 0 aromatic carbocycles. The van der Waals surface area contributed by atoms with Gasteiger partial charge in [-0.25, -0.2) is 0 Å². The minimum atomic E-state index is -4.47. The molecule has 196 valence electrons. The molecule has 4 aliphatic rings. The maximum absolute atomic E-state index is 12.8. The average molecular weight is 504 g/mol. The topological polar surface area (TPSA) is 62.3 Å². The molecule has 2 heterocycles. The number of fused-ring (bicyclic) bond motifs is 5. The predicted octanol–water partition coefficient (Wildman–Crippen LogP) is 5.36. The van der Waals surface area contributed by atoms with Crippen molar-refractivity contribution in [3.63, 3.8) is 0 Å².